The number of hydrogen-bond acceptors (Lipinski definition) is 0. The van der Waals surface area contributed by atoms with Crippen molar-refractivity contribution in [2.45, 2.75) is 50.9 Å². The van der Waals surface area contributed by atoms with E-state index >= 15 is 0 Å². The summed E-state index contributed by atoms with van der Waals surface area (Å²) in [5.41, 5.74) is 25.2. The lowest BCUT2D eigenvalue weighted by Crippen LogP contribution is -2.15. The zero-order valence-corrected chi connectivity index (χ0v) is 42.4. The van der Waals surface area contributed by atoms with Crippen LogP contribution < -0.4 is 0 Å². The number of hydrogen-bond donors (Lipinski definition) is 0. The van der Waals surface area contributed by atoms with Crippen molar-refractivity contribution in [1.82, 2.24) is 4.57 Å². The molecule has 0 bridgehead atoms. The van der Waals surface area contributed by atoms with Gasteiger partial charge in [-0.2, -0.15) is 0 Å². The molecule has 14 rings (SSSR count). The van der Waals surface area contributed by atoms with Crippen LogP contribution in [0.25, 0.3) is 99.5 Å². The molecule has 0 N–H and O–H groups in total. The largest absolute Gasteiger partial charge is 0.344 e. The van der Waals surface area contributed by atoms with Gasteiger partial charge in [-0.3, -0.25) is 0 Å². The Bertz CT molecular complexity index is 4240. The quantitative estimate of drug-likeness (QED) is 0.127. The zero-order valence-electron chi connectivity index (χ0n) is 42.4. The van der Waals surface area contributed by atoms with Gasteiger partial charge >= 0.3 is 0 Å². The van der Waals surface area contributed by atoms with E-state index in [0.29, 0.717) is 5.92 Å². The molecule has 74 heavy (non-hydrogen) atoms. The lowest BCUT2D eigenvalue weighted by Gasteiger charge is -2.28. The molecule has 12 aromatic rings. The second kappa shape index (κ2) is 17.6. The van der Waals surface area contributed by atoms with Crippen molar-refractivity contribution in [3.63, 3.8) is 0 Å². The van der Waals surface area contributed by atoms with Crippen LogP contribution in [0, 0.1) is 0 Å². The van der Waals surface area contributed by atoms with E-state index in [1.807, 2.05) is 0 Å². The number of allylic oxidation sites excluding steroid dienone is 1. The maximum absolute atomic E-state index is 2.56. The SMILES string of the molecule is Cn1c2ccccc2c2ccc(/C=C(/Cc3ccc4c(c3)C(C)(C)c3cc(-c5ccc(CCC6Cc7ccccc7-c7ccccc76)c6ccccc56)c5ccccc5c3-4)c3ccccc3-c3ccccc3)cc21. The third-order valence-electron chi connectivity index (χ3n) is 17.0. The molecular weight excluding hydrogens is 891 g/mol. The van der Waals surface area contributed by atoms with Gasteiger partial charge in [0.15, 0.2) is 0 Å². The average molecular weight is 948 g/mol. The molecule has 0 spiro atoms. The van der Waals surface area contributed by atoms with E-state index in [-0.39, 0.29) is 5.41 Å². The lowest BCUT2D eigenvalue weighted by molar-refractivity contribution is 0.617. The highest BCUT2D eigenvalue weighted by molar-refractivity contribution is 6.13. The van der Waals surface area contributed by atoms with Crippen LogP contribution in [0.4, 0.5) is 0 Å². The topological polar surface area (TPSA) is 4.93 Å². The number of benzene rings is 11. The third-order valence-corrected chi connectivity index (χ3v) is 17.0. The summed E-state index contributed by atoms with van der Waals surface area (Å²) in [7, 11) is 2.19. The average Bonchev–Trinajstić information content (AvgIpc) is 3.87. The Morgan fingerprint density at radius 1 is 0.486 bits per heavy atom. The molecule has 0 fully saturated rings. The first kappa shape index (κ1) is 44.2. The maximum Gasteiger partial charge on any atom is 0.0494 e. The molecule has 2 aliphatic carbocycles. The molecule has 354 valence electrons. The van der Waals surface area contributed by atoms with Crippen molar-refractivity contribution < 1.29 is 0 Å². The molecule has 1 atom stereocenters. The van der Waals surface area contributed by atoms with Gasteiger partial charge in [0, 0.05) is 34.3 Å². The van der Waals surface area contributed by atoms with E-state index in [0.717, 1.165) is 25.7 Å². The van der Waals surface area contributed by atoms with Gasteiger partial charge in [-0.25, -0.2) is 0 Å². The molecule has 0 radical (unpaired) electrons. The van der Waals surface area contributed by atoms with Gasteiger partial charge in [0.25, 0.3) is 0 Å². The number of aryl methyl sites for hydroxylation is 2. The first-order valence-electron chi connectivity index (χ1n) is 26.6. The van der Waals surface area contributed by atoms with Gasteiger partial charge in [-0.05, 0) is 166 Å². The standard InChI is InChI=1S/C73H57N/c1-73(2)68-43-47(41-53(58-26-10-9-22-54(58)49-19-5-4-6-20-49)42-48-33-38-64-63-30-17-18-32-70(63)74(3)71(64)44-48)34-39-66(68)72-65-31-16-15-29-61(65)67(46-69(72)73)62-40-37-50(55-23-11-14-28-60(55)62)35-36-52-45-51-21-7-8-24-56(51)59-27-13-12-25-57(52)59/h4-34,37-40,42-44,46,52H,35-36,41,45H2,1-3H3/b53-42-. The number of aromatic nitrogens is 1. The number of rotatable bonds is 9. The van der Waals surface area contributed by atoms with Crippen molar-refractivity contribution in [1.29, 1.82) is 0 Å². The fourth-order valence-corrected chi connectivity index (χ4v) is 13.3. The van der Waals surface area contributed by atoms with E-state index in [9.17, 15) is 0 Å². The first-order valence-corrected chi connectivity index (χ1v) is 26.6. The van der Waals surface area contributed by atoms with Crippen molar-refractivity contribution in [2.24, 2.45) is 7.05 Å². The van der Waals surface area contributed by atoms with Gasteiger partial charge in [-0.1, -0.05) is 232 Å². The minimum Gasteiger partial charge on any atom is -0.344 e. The van der Waals surface area contributed by atoms with Crippen LogP contribution in [0.3, 0.4) is 0 Å². The molecule has 11 aromatic carbocycles. The van der Waals surface area contributed by atoms with Gasteiger partial charge < -0.3 is 4.57 Å². The van der Waals surface area contributed by atoms with E-state index < -0.39 is 0 Å². The summed E-state index contributed by atoms with van der Waals surface area (Å²) in [5.74, 6) is 0.489. The smallest absolute Gasteiger partial charge is 0.0494 e. The maximum atomic E-state index is 2.56. The molecule has 0 saturated heterocycles. The van der Waals surface area contributed by atoms with Gasteiger partial charge in [0.05, 0.1) is 0 Å². The molecular formula is C73H57N. The van der Waals surface area contributed by atoms with Crippen LogP contribution in [0.2, 0.25) is 0 Å². The summed E-state index contributed by atoms with van der Waals surface area (Å²) < 4.78 is 2.34. The van der Waals surface area contributed by atoms with Crippen LogP contribution in [0.1, 0.15) is 70.7 Å². The van der Waals surface area contributed by atoms with Crippen LogP contribution >= 0.6 is 0 Å². The van der Waals surface area contributed by atoms with Crippen molar-refractivity contribution in [2.75, 3.05) is 0 Å². The highest BCUT2D eigenvalue weighted by atomic mass is 14.9. The molecule has 1 heteroatoms. The Kier molecular flexibility index (Phi) is 10.5. The monoisotopic (exact) mass is 947 g/mol. The second-order valence-electron chi connectivity index (χ2n) is 21.5. The summed E-state index contributed by atoms with van der Waals surface area (Å²) in [6.07, 6.45) is 6.47. The summed E-state index contributed by atoms with van der Waals surface area (Å²) in [6.45, 7) is 4.90. The van der Waals surface area contributed by atoms with Crippen LogP contribution in [0.5, 0.6) is 0 Å². The third kappa shape index (κ3) is 7.20. The van der Waals surface area contributed by atoms with E-state index in [4.69, 9.17) is 0 Å². The Hall–Kier alpha value is -8.52. The fraction of sp³-hybridized carbons (Fsp3) is 0.123. The highest BCUT2D eigenvalue weighted by Crippen LogP contribution is 2.54. The first-order chi connectivity index (χ1) is 36.4. The predicted molar refractivity (Wildman–Crippen MR) is 315 cm³/mol. The predicted octanol–water partition coefficient (Wildman–Crippen LogP) is 19.0. The number of fused-ring (bicyclic) bond motifs is 12. The Morgan fingerprint density at radius 3 is 1.97 bits per heavy atom. The van der Waals surface area contributed by atoms with Crippen LogP contribution in [0.15, 0.2) is 231 Å². The molecule has 0 saturated carbocycles. The van der Waals surface area contributed by atoms with E-state index in [1.165, 1.54) is 138 Å². The van der Waals surface area contributed by atoms with Crippen LogP contribution in [-0.2, 0) is 31.7 Å². The Balaban J connectivity index is 0.841. The summed E-state index contributed by atoms with van der Waals surface area (Å²) in [6, 6.07) is 86.8. The van der Waals surface area contributed by atoms with Crippen molar-refractivity contribution >= 4 is 55.0 Å². The molecule has 1 heterocycles. The van der Waals surface area contributed by atoms with E-state index in [2.05, 4.69) is 262 Å². The molecule has 2 aliphatic rings. The molecule has 1 aromatic heterocycles. The summed E-state index contributed by atoms with van der Waals surface area (Å²) in [4.78, 5) is 0. The minimum atomic E-state index is -0.227. The minimum absolute atomic E-state index is 0.227. The summed E-state index contributed by atoms with van der Waals surface area (Å²) in [5, 5.41) is 7.90. The fourth-order valence-electron chi connectivity index (χ4n) is 13.3. The number of nitrogens with zero attached hydrogens (tertiary/aromatic N) is 1. The molecule has 0 amide bonds. The normalized spacial score (nSPS) is 14.6. The van der Waals surface area contributed by atoms with Gasteiger partial charge in [0.2, 0.25) is 0 Å². The molecule has 0 aliphatic heterocycles. The van der Waals surface area contributed by atoms with Gasteiger partial charge in [-0.15, -0.1) is 0 Å². The Morgan fingerprint density at radius 2 is 1.14 bits per heavy atom. The Labute approximate surface area is 434 Å². The molecule has 1 unspecified atom stereocenters. The second-order valence-corrected chi connectivity index (χ2v) is 21.5. The number of para-hydroxylation sites is 1. The lowest BCUT2D eigenvalue weighted by atomic mass is 9.76. The highest BCUT2D eigenvalue weighted by Gasteiger charge is 2.38. The zero-order chi connectivity index (χ0) is 49.5. The molecule has 1 nitrogen and oxygen atoms in total. The van der Waals surface area contributed by atoms with Crippen LogP contribution in [-0.4, -0.2) is 4.57 Å². The summed E-state index contributed by atoms with van der Waals surface area (Å²) >= 11 is 0. The van der Waals surface area contributed by atoms with Crippen molar-refractivity contribution in [3.05, 3.63) is 275 Å². The van der Waals surface area contributed by atoms with Crippen molar-refractivity contribution in [3.8, 4) is 44.5 Å². The van der Waals surface area contributed by atoms with E-state index in [1.54, 1.807) is 0 Å². The van der Waals surface area contributed by atoms with Gasteiger partial charge in [0.1, 0.15) is 0 Å².